The molecular weight excluding hydrogens is 240 g/mol. The Morgan fingerprint density at radius 2 is 2.00 bits per heavy atom. The van der Waals surface area contributed by atoms with E-state index < -0.39 is 0 Å². The molecule has 19 heavy (non-hydrogen) atoms. The molecule has 0 saturated heterocycles. The SMILES string of the molecule is COc1ccc(C)cc1-c1cc(=O)[nH]c(C(C)C)n1. The van der Waals surface area contributed by atoms with Crippen LogP contribution >= 0.6 is 0 Å². The lowest BCUT2D eigenvalue weighted by atomic mass is 10.1. The van der Waals surface area contributed by atoms with Gasteiger partial charge in [-0.25, -0.2) is 4.98 Å². The summed E-state index contributed by atoms with van der Waals surface area (Å²) < 4.78 is 5.34. The van der Waals surface area contributed by atoms with Crippen molar-refractivity contribution >= 4 is 0 Å². The first kappa shape index (κ1) is 13.3. The van der Waals surface area contributed by atoms with E-state index in [1.54, 1.807) is 7.11 Å². The predicted octanol–water partition coefficient (Wildman–Crippen LogP) is 2.88. The highest BCUT2D eigenvalue weighted by Crippen LogP contribution is 2.29. The highest BCUT2D eigenvalue weighted by molar-refractivity contribution is 5.67. The van der Waals surface area contributed by atoms with Crippen LogP contribution in [0.4, 0.5) is 0 Å². The van der Waals surface area contributed by atoms with Crippen LogP contribution in [0.3, 0.4) is 0 Å². The molecule has 0 aliphatic heterocycles. The Morgan fingerprint density at radius 1 is 1.26 bits per heavy atom. The molecule has 0 fully saturated rings. The number of H-pyrrole nitrogens is 1. The van der Waals surface area contributed by atoms with Crippen LogP contribution in [0, 0.1) is 6.92 Å². The van der Waals surface area contributed by atoms with E-state index in [0.29, 0.717) is 11.5 Å². The molecule has 0 radical (unpaired) electrons. The lowest BCUT2D eigenvalue weighted by Crippen LogP contribution is -2.12. The number of aromatic amines is 1. The third-order valence-corrected chi connectivity index (χ3v) is 2.94. The highest BCUT2D eigenvalue weighted by Gasteiger charge is 2.11. The molecule has 2 aromatic rings. The summed E-state index contributed by atoms with van der Waals surface area (Å²) in [5.41, 5.74) is 2.45. The zero-order valence-corrected chi connectivity index (χ0v) is 11.7. The van der Waals surface area contributed by atoms with Gasteiger partial charge in [0.25, 0.3) is 5.56 Å². The number of rotatable bonds is 3. The number of methoxy groups -OCH3 is 1. The molecule has 0 bridgehead atoms. The van der Waals surface area contributed by atoms with Crippen molar-refractivity contribution in [2.24, 2.45) is 0 Å². The first-order valence-electron chi connectivity index (χ1n) is 6.27. The molecule has 0 unspecified atom stereocenters. The molecule has 4 nitrogen and oxygen atoms in total. The van der Waals surface area contributed by atoms with Crippen LogP contribution in [-0.4, -0.2) is 17.1 Å². The maximum Gasteiger partial charge on any atom is 0.251 e. The van der Waals surface area contributed by atoms with Crippen LogP contribution < -0.4 is 10.3 Å². The van der Waals surface area contributed by atoms with Gasteiger partial charge in [-0.15, -0.1) is 0 Å². The molecule has 1 N–H and O–H groups in total. The van der Waals surface area contributed by atoms with Crippen molar-refractivity contribution < 1.29 is 4.74 Å². The van der Waals surface area contributed by atoms with Crippen molar-refractivity contribution in [3.05, 3.63) is 46.0 Å². The van der Waals surface area contributed by atoms with Crippen LogP contribution in [-0.2, 0) is 0 Å². The fourth-order valence-corrected chi connectivity index (χ4v) is 1.91. The molecule has 0 aliphatic rings. The zero-order valence-electron chi connectivity index (χ0n) is 11.7. The Balaban J connectivity index is 2.64. The molecule has 1 heterocycles. The first-order valence-corrected chi connectivity index (χ1v) is 6.27. The van der Waals surface area contributed by atoms with Gasteiger partial charge in [-0.2, -0.15) is 0 Å². The summed E-state index contributed by atoms with van der Waals surface area (Å²) in [5, 5.41) is 0. The van der Waals surface area contributed by atoms with E-state index >= 15 is 0 Å². The van der Waals surface area contributed by atoms with Gasteiger partial charge in [-0.05, 0) is 19.1 Å². The predicted molar refractivity (Wildman–Crippen MR) is 75.7 cm³/mol. The van der Waals surface area contributed by atoms with Crippen LogP contribution in [0.15, 0.2) is 29.1 Å². The van der Waals surface area contributed by atoms with E-state index in [2.05, 4.69) is 9.97 Å². The molecule has 0 aliphatic carbocycles. The number of hydrogen-bond acceptors (Lipinski definition) is 3. The summed E-state index contributed by atoms with van der Waals surface area (Å²) >= 11 is 0. The molecule has 1 aromatic carbocycles. The van der Waals surface area contributed by atoms with Gasteiger partial charge in [0.1, 0.15) is 11.6 Å². The molecule has 4 heteroatoms. The van der Waals surface area contributed by atoms with Gasteiger partial charge in [-0.3, -0.25) is 4.79 Å². The smallest absolute Gasteiger partial charge is 0.251 e. The number of benzene rings is 1. The van der Waals surface area contributed by atoms with E-state index in [-0.39, 0.29) is 11.5 Å². The summed E-state index contributed by atoms with van der Waals surface area (Å²) in [6.07, 6.45) is 0. The Labute approximate surface area is 112 Å². The second-order valence-electron chi connectivity index (χ2n) is 4.87. The maximum atomic E-state index is 11.7. The number of nitrogens with one attached hydrogen (secondary N) is 1. The van der Waals surface area contributed by atoms with Gasteiger partial charge in [0.2, 0.25) is 0 Å². The fraction of sp³-hybridized carbons (Fsp3) is 0.333. The standard InChI is InChI=1S/C15H18N2O2/c1-9(2)15-16-12(8-14(18)17-15)11-7-10(3)5-6-13(11)19-4/h5-9H,1-4H3,(H,16,17,18). The largest absolute Gasteiger partial charge is 0.496 e. The van der Waals surface area contributed by atoms with Crippen molar-refractivity contribution in [3.63, 3.8) is 0 Å². The third kappa shape index (κ3) is 2.84. The van der Waals surface area contributed by atoms with E-state index in [0.717, 1.165) is 16.9 Å². The normalized spacial score (nSPS) is 10.8. The average molecular weight is 258 g/mol. The van der Waals surface area contributed by atoms with Gasteiger partial charge in [0, 0.05) is 17.5 Å². The van der Waals surface area contributed by atoms with E-state index in [1.807, 2.05) is 39.0 Å². The number of aromatic nitrogens is 2. The van der Waals surface area contributed by atoms with Gasteiger partial charge in [-0.1, -0.05) is 25.5 Å². The Morgan fingerprint density at radius 3 is 2.63 bits per heavy atom. The maximum absolute atomic E-state index is 11.7. The molecule has 0 spiro atoms. The second kappa shape index (κ2) is 5.26. The Hall–Kier alpha value is -2.10. The van der Waals surface area contributed by atoms with Crippen molar-refractivity contribution in [1.82, 2.24) is 9.97 Å². The minimum Gasteiger partial charge on any atom is -0.496 e. The third-order valence-electron chi connectivity index (χ3n) is 2.94. The summed E-state index contributed by atoms with van der Waals surface area (Å²) in [4.78, 5) is 19.0. The van der Waals surface area contributed by atoms with Crippen LogP contribution in [0.5, 0.6) is 5.75 Å². The molecule has 0 atom stereocenters. The topological polar surface area (TPSA) is 55.0 Å². The minimum absolute atomic E-state index is 0.141. The summed E-state index contributed by atoms with van der Waals surface area (Å²) in [6, 6.07) is 7.34. The monoisotopic (exact) mass is 258 g/mol. The van der Waals surface area contributed by atoms with Gasteiger partial charge < -0.3 is 9.72 Å². The summed E-state index contributed by atoms with van der Waals surface area (Å²) in [7, 11) is 1.62. The summed E-state index contributed by atoms with van der Waals surface area (Å²) in [6.45, 7) is 5.99. The fourth-order valence-electron chi connectivity index (χ4n) is 1.91. The van der Waals surface area contributed by atoms with Crippen molar-refractivity contribution in [2.75, 3.05) is 7.11 Å². The van der Waals surface area contributed by atoms with E-state index in [1.165, 1.54) is 6.07 Å². The first-order chi connectivity index (χ1) is 9.01. The minimum atomic E-state index is -0.141. The van der Waals surface area contributed by atoms with Crippen LogP contribution in [0.1, 0.15) is 31.2 Å². The Bertz CT molecular complexity index is 645. The lowest BCUT2D eigenvalue weighted by molar-refractivity contribution is 0.416. The highest BCUT2D eigenvalue weighted by atomic mass is 16.5. The van der Waals surface area contributed by atoms with Crippen LogP contribution in [0.2, 0.25) is 0 Å². The molecular formula is C15H18N2O2. The van der Waals surface area contributed by atoms with Crippen molar-refractivity contribution in [2.45, 2.75) is 26.7 Å². The molecule has 2 rings (SSSR count). The molecule has 0 saturated carbocycles. The van der Waals surface area contributed by atoms with Crippen LogP contribution in [0.25, 0.3) is 11.3 Å². The number of aryl methyl sites for hydroxylation is 1. The van der Waals surface area contributed by atoms with Crippen molar-refractivity contribution in [3.8, 4) is 17.0 Å². The lowest BCUT2D eigenvalue weighted by Gasteiger charge is -2.11. The number of hydrogen-bond donors (Lipinski definition) is 1. The van der Waals surface area contributed by atoms with Gasteiger partial charge in [0.05, 0.1) is 12.8 Å². The molecule has 1 aromatic heterocycles. The quantitative estimate of drug-likeness (QED) is 0.921. The molecule has 0 amide bonds. The van der Waals surface area contributed by atoms with Crippen molar-refractivity contribution in [1.29, 1.82) is 0 Å². The van der Waals surface area contributed by atoms with E-state index in [4.69, 9.17) is 4.74 Å². The number of ether oxygens (including phenoxy) is 1. The van der Waals surface area contributed by atoms with Gasteiger partial charge >= 0.3 is 0 Å². The zero-order chi connectivity index (χ0) is 14.0. The second-order valence-corrected chi connectivity index (χ2v) is 4.87. The van der Waals surface area contributed by atoms with E-state index in [9.17, 15) is 4.79 Å². The number of nitrogens with zero attached hydrogens (tertiary/aromatic N) is 1. The summed E-state index contributed by atoms with van der Waals surface area (Å²) in [5.74, 6) is 1.58. The Kier molecular flexibility index (Phi) is 3.69. The average Bonchev–Trinajstić information content (AvgIpc) is 2.37. The van der Waals surface area contributed by atoms with Gasteiger partial charge in [0.15, 0.2) is 0 Å². The molecule has 100 valence electrons.